The lowest BCUT2D eigenvalue weighted by molar-refractivity contribution is -0.133. The van der Waals surface area contributed by atoms with Gasteiger partial charge in [-0.15, -0.1) is 0 Å². The molecule has 1 saturated carbocycles. The maximum Gasteiger partial charge on any atom is 0.223 e. The highest BCUT2D eigenvalue weighted by molar-refractivity contribution is 5.98. The van der Waals surface area contributed by atoms with E-state index < -0.39 is 0 Å². The molecule has 1 aliphatic heterocycles. The zero-order valence-electron chi connectivity index (χ0n) is 17.6. The molecule has 1 aromatic carbocycles. The van der Waals surface area contributed by atoms with E-state index in [2.05, 4.69) is 28.5 Å². The molecule has 4 rings (SSSR count). The van der Waals surface area contributed by atoms with Crippen LogP contribution in [0.2, 0.25) is 0 Å². The number of likely N-dealkylation sites (tertiary alicyclic amines) is 1. The highest BCUT2D eigenvalue weighted by atomic mass is 16.2. The van der Waals surface area contributed by atoms with Crippen LogP contribution in [0.5, 0.6) is 0 Å². The average Bonchev–Trinajstić information content (AvgIpc) is 3.44. The number of nitrogens with one attached hydrogen (secondary N) is 1. The van der Waals surface area contributed by atoms with Crippen LogP contribution in [0.3, 0.4) is 0 Å². The molecule has 0 spiro atoms. The van der Waals surface area contributed by atoms with Crippen molar-refractivity contribution in [1.29, 1.82) is 5.41 Å². The summed E-state index contributed by atoms with van der Waals surface area (Å²) in [5, 5.41) is 8.91. The Morgan fingerprint density at radius 2 is 1.97 bits per heavy atom. The number of carbonyl (C=O) groups is 1. The Morgan fingerprint density at radius 3 is 2.69 bits per heavy atom. The van der Waals surface area contributed by atoms with E-state index in [-0.39, 0.29) is 5.84 Å². The van der Waals surface area contributed by atoms with E-state index in [1.54, 1.807) is 0 Å². The molecule has 29 heavy (non-hydrogen) atoms. The first-order valence-electron chi connectivity index (χ1n) is 11.3. The van der Waals surface area contributed by atoms with Crippen LogP contribution in [0.15, 0.2) is 24.3 Å². The smallest absolute Gasteiger partial charge is 0.223 e. The van der Waals surface area contributed by atoms with Crippen molar-refractivity contribution in [3.63, 3.8) is 0 Å². The summed E-state index contributed by atoms with van der Waals surface area (Å²) in [5.74, 6) is 1.13. The van der Waals surface area contributed by atoms with Crippen molar-refractivity contribution in [2.45, 2.75) is 77.3 Å². The van der Waals surface area contributed by atoms with Gasteiger partial charge in [0.1, 0.15) is 5.84 Å². The number of hydrogen-bond donors (Lipinski definition) is 2. The molecule has 1 atom stereocenters. The highest BCUT2D eigenvalue weighted by Gasteiger charge is 2.30. The Bertz CT molecular complexity index is 894. The Morgan fingerprint density at radius 1 is 1.17 bits per heavy atom. The molecule has 1 saturated heterocycles. The number of aryl methyl sites for hydroxylation is 2. The fourth-order valence-electron chi connectivity index (χ4n) is 5.42. The maximum atomic E-state index is 12.9. The second kappa shape index (κ2) is 8.60. The van der Waals surface area contributed by atoms with Crippen molar-refractivity contribution in [2.24, 2.45) is 11.7 Å². The second-order valence-electron chi connectivity index (χ2n) is 8.84. The van der Waals surface area contributed by atoms with Gasteiger partial charge in [0, 0.05) is 42.3 Å². The third-order valence-corrected chi connectivity index (χ3v) is 6.99. The van der Waals surface area contributed by atoms with Gasteiger partial charge in [-0.25, -0.2) is 0 Å². The number of nitrogen functional groups attached to an aromatic ring is 1. The van der Waals surface area contributed by atoms with Crippen molar-refractivity contribution < 1.29 is 4.79 Å². The molecular formula is C24H34N4O. The molecule has 0 bridgehead atoms. The molecule has 0 unspecified atom stereocenters. The maximum absolute atomic E-state index is 12.9. The van der Waals surface area contributed by atoms with Crippen LogP contribution in [0.4, 0.5) is 0 Å². The van der Waals surface area contributed by atoms with E-state index in [9.17, 15) is 4.79 Å². The minimum absolute atomic E-state index is 0.111. The number of amidine groups is 1. The van der Waals surface area contributed by atoms with E-state index in [4.69, 9.17) is 11.1 Å². The summed E-state index contributed by atoms with van der Waals surface area (Å²) < 4.78 is 2.33. The first kappa shape index (κ1) is 20.0. The molecule has 2 fully saturated rings. The molecule has 5 heteroatoms. The van der Waals surface area contributed by atoms with Crippen molar-refractivity contribution in [3.8, 4) is 0 Å². The van der Waals surface area contributed by atoms with E-state index in [0.29, 0.717) is 17.9 Å². The van der Waals surface area contributed by atoms with Crippen molar-refractivity contribution in [3.05, 3.63) is 35.5 Å². The summed E-state index contributed by atoms with van der Waals surface area (Å²) in [6, 6.07) is 8.67. The molecule has 1 aromatic heterocycles. The van der Waals surface area contributed by atoms with Gasteiger partial charge in [0.25, 0.3) is 0 Å². The van der Waals surface area contributed by atoms with Gasteiger partial charge >= 0.3 is 0 Å². The van der Waals surface area contributed by atoms with Gasteiger partial charge in [0.15, 0.2) is 0 Å². The number of nitrogens with zero attached hydrogens (tertiary/aromatic N) is 2. The monoisotopic (exact) mass is 394 g/mol. The van der Waals surface area contributed by atoms with Crippen LogP contribution >= 0.6 is 0 Å². The van der Waals surface area contributed by atoms with Crippen molar-refractivity contribution in [1.82, 2.24) is 9.47 Å². The van der Waals surface area contributed by atoms with Gasteiger partial charge in [0.2, 0.25) is 5.91 Å². The molecule has 156 valence electrons. The predicted molar refractivity (Wildman–Crippen MR) is 118 cm³/mol. The van der Waals surface area contributed by atoms with Gasteiger partial charge in [-0.2, -0.15) is 0 Å². The fourth-order valence-corrected chi connectivity index (χ4v) is 5.42. The van der Waals surface area contributed by atoms with E-state index in [1.165, 1.54) is 36.8 Å². The van der Waals surface area contributed by atoms with Crippen molar-refractivity contribution >= 4 is 22.6 Å². The SMILES string of the molecule is CCn1c(CC[C@@H]2CCCN2C(=O)CC2CCCC2)cc2ccc(C(=N)N)cc21. The van der Waals surface area contributed by atoms with Gasteiger partial charge in [-0.1, -0.05) is 25.0 Å². The average molecular weight is 395 g/mol. The summed E-state index contributed by atoms with van der Waals surface area (Å²) in [4.78, 5) is 15.1. The summed E-state index contributed by atoms with van der Waals surface area (Å²) in [5.41, 5.74) is 8.92. The first-order valence-corrected chi connectivity index (χ1v) is 11.3. The third-order valence-electron chi connectivity index (χ3n) is 6.99. The molecular weight excluding hydrogens is 360 g/mol. The third kappa shape index (κ3) is 4.19. The van der Waals surface area contributed by atoms with Crippen LogP contribution < -0.4 is 5.73 Å². The fraction of sp³-hybridized carbons (Fsp3) is 0.583. The second-order valence-corrected chi connectivity index (χ2v) is 8.84. The minimum Gasteiger partial charge on any atom is -0.384 e. The zero-order valence-corrected chi connectivity index (χ0v) is 17.6. The predicted octanol–water partition coefficient (Wildman–Crippen LogP) is 4.45. The summed E-state index contributed by atoms with van der Waals surface area (Å²) >= 11 is 0. The Kier molecular flexibility index (Phi) is 5.93. The number of rotatable bonds is 7. The summed E-state index contributed by atoms with van der Waals surface area (Å²) in [6.45, 7) is 4.00. The quantitative estimate of drug-likeness (QED) is 0.538. The minimum atomic E-state index is 0.111. The highest BCUT2D eigenvalue weighted by Crippen LogP contribution is 2.31. The number of benzene rings is 1. The van der Waals surface area contributed by atoms with Crippen LogP contribution in [0.25, 0.3) is 10.9 Å². The number of amides is 1. The van der Waals surface area contributed by atoms with E-state index in [1.807, 2.05) is 12.1 Å². The number of hydrogen-bond acceptors (Lipinski definition) is 2. The normalized spacial score (nSPS) is 20.0. The van der Waals surface area contributed by atoms with Crippen LogP contribution in [0, 0.1) is 11.3 Å². The van der Waals surface area contributed by atoms with Gasteiger partial charge < -0.3 is 15.2 Å². The topological polar surface area (TPSA) is 75.1 Å². The molecule has 2 aromatic rings. The summed E-state index contributed by atoms with van der Waals surface area (Å²) in [7, 11) is 0. The number of fused-ring (bicyclic) bond motifs is 1. The standard InChI is InChI=1S/C24H34N4O/c1-2-27-21(15-18-9-10-19(24(25)26)16-22(18)27)12-11-20-8-5-13-28(20)23(29)14-17-6-3-4-7-17/h9-10,15-17,20H,2-8,11-14H2,1H3,(H3,25,26)/t20-/m0/s1. The van der Waals surface area contributed by atoms with E-state index >= 15 is 0 Å². The Balaban J connectivity index is 1.45. The van der Waals surface area contributed by atoms with Crippen LogP contribution in [-0.4, -0.2) is 33.8 Å². The molecule has 0 radical (unpaired) electrons. The Labute approximate surface area is 173 Å². The molecule has 1 aliphatic carbocycles. The Hall–Kier alpha value is -2.30. The first-order chi connectivity index (χ1) is 14.1. The zero-order chi connectivity index (χ0) is 20.4. The number of aromatic nitrogens is 1. The molecule has 1 amide bonds. The summed E-state index contributed by atoms with van der Waals surface area (Å²) in [6.07, 6.45) is 10.1. The van der Waals surface area contributed by atoms with Crippen LogP contribution in [-0.2, 0) is 17.8 Å². The van der Waals surface area contributed by atoms with Crippen LogP contribution in [0.1, 0.15) is 69.5 Å². The lowest BCUT2D eigenvalue weighted by Crippen LogP contribution is -2.36. The molecule has 3 N–H and O–H groups in total. The lowest BCUT2D eigenvalue weighted by atomic mass is 10.0. The largest absolute Gasteiger partial charge is 0.384 e. The van der Waals surface area contributed by atoms with Gasteiger partial charge in [0.05, 0.1) is 0 Å². The number of carbonyl (C=O) groups excluding carboxylic acids is 1. The van der Waals surface area contributed by atoms with Gasteiger partial charge in [-0.3, -0.25) is 10.2 Å². The molecule has 2 aliphatic rings. The molecule has 2 heterocycles. The molecule has 5 nitrogen and oxygen atoms in total. The lowest BCUT2D eigenvalue weighted by Gasteiger charge is -2.26. The van der Waals surface area contributed by atoms with E-state index in [0.717, 1.165) is 56.3 Å². The number of nitrogens with two attached hydrogens (primary N) is 1. The van der Waals surface area contributed by atoms with Crippen molar-refractivity contribution in [2.75, 3.05) is 6.54 Å². The van der Waals surface area contributed by atoms with Gasteiger partial charge in [-0.05, 0) is 68.9 Å².